The first-order chi connectivity index (χ1) is 7.66. The van der Waals surface area contributed by atoms with Gasteiger partial charge in [-0.05, 0) is 26.2 Å². The topological polar surface area (TPSA) is 32.3 Å². The number of pyridine rings is 1. The molecule has 16 heavy (non-hydrogen) atoms. The average molecular weight is 236 g/mol. The molecule has 0 aliphatic rings. The van der Waals surface area contributed by atoms with E-state index in [9.17, 15) is 0 Å². The molecule has 4 nitrogen and oxygen atoms in total. The maximum Gasteiger partial charge on any atom is 0.145 e. The number of nitrogens with zero attached hydrogens (tertiary/aromatic N) is 4. The van der Waals surface area contributed by atoms with Crippen molar-refractivity contribution in [2.24, 2.45) is 0 Å². The highest BCUT2D eigenvalue weighted by atomic mass is 32.1. The first-order valence-corrected chi connectivity index (χ1v) is 6.11. The van der Waals surface area contributed by atoms with Gasteiger partial charge in [0.05, 0.1) is 5.51 Å². The van der Waals surface area contributed by atoms with E-state index in [4.69, 9.17) is 0 Å². The molecule has 86 valence electrons. The van der Waals surface area contributed by atoms with Crippen LogP contribution in [0.5, 0.6) is 0 Å². The standard InChI is InChI=1S/C11H16N4S/c1-14(2)6-7-15(3)10-5-4-9-11(13-10)16-8-12-9/h4-5,8H,6-7H2,1-3H3. The van der Waals surface area contributed by atoms with Crippen LogP contribution in [0, 0.1) is 0 Å². The van der Waals surface area contributed by atoms with Crippen LogP contribution in [-0.4, -0.2) is 49.1 Å². The molecule has 2 heterocycles. The van der Waals surface area contributed by atoms with Crippen molar-refractivity contribution in [2.75, 3.05) is 39.1 Å². The number of hydrogen-bond donors (Lipinski definition) is 0. The zero-order valence-corrected chi connectivity index (χ0v) is 10.7. The summed E-state index contributed by atoms with van der Waals surface area (Å²) in [6, 6.07) is 4.05. The number of rotatable bonds is 4. The second-order valence-corrected chi connectivity index (χ2v) is 4.90. The van der Waals surface area contributed by atoms with Gasteiger partial charge in [-0.3, -0.25) is 0 Å². The Bertz CT molecular complexity index is 466. The highest BCUT2D eigenvalue weighted by Gasteiger charge is 2.05. The molecule has 0 aromatic carbocycles. The van der Waals surface area contributed by atoms with E-state index >= 15 is 0 Å². The lowest BCUT2D eigenvalue weighted by Crippen LogP contribution is -2.28. The zero-order valence-electron chi connectivity index (χ0n) is 9.84. The Balaban J connectivity index is 2.12. The molecule has 0 bridgehead atoms. The lowest BCUT2D eigenvalue weighted by molar-refractivity contribution is 0.416. The average Bonchev–Trinajstić information content (AvgIpc) is 2.72. The fourth-order valence-electron chi connectivity index (χ4n) is 1.42. The van der Waals surface area contributed by atoms with Crippen LogP contribution in [0.15, 0.2) is 17.6 Å². The molecule has 0 saturated heterocycles. The van der Waals surface area contributed by atoms with E-state index in [-0.39, 0.29) is 0 Å². The second kappa shape index (κ2) is 4.76. The van der Waals surface area contributed by atoms with Crippen LogP contribution < -0.4 is 4.90 Å². The van der Waals surface area contributed by atoms with Gasteiger partial charge in [0.2, 0.25) is 0 Å². The van der Waals surface area contributed by atoms with Crippen LogP contribution in [0.1, 0.15) is 0 Å². The summed E-state index contributed by atoms with van der Waals surface area (Å²) >= 11 is 1.58. The number of likely N-dealkylation sites (N-methyl/N-ethyl adjacent to an activating group) is 2. The number of thiazole rings is 1. The maximum absolute atomic E-state index is 4.58. The Hall–Kier alpha value is -1.20. The minimum Gasteiger partial charge on any atom is -0.358 e. The Kier molecular flexibility index (Phi) is 3.36. The van der Waals surface area contributed by atoms with Gasteiger partial charge in [0.25, 0.3) is 0 Å². The van der Waals surface area contributed by atoms with Crippen LogP contribution in [0.25, 0.3) is 10.3 Å². The molecule has 0 aliphatic carbocycles. The van der Waals surface area contributed by atoms with Crippen molar-refractivity contribution in [3.63, 3.8) is 0 Å². The molecule has 0 unspecified atom stereocenters. The van der Waals surface area contributed by atoms with Gasteiger partial charge < -0.3 is 9.80 Å². The summed E-state index contributed by atoms with van der Waals surface area (Å²) in [4.78, 5) is 14.1. The van der Waals surface area contributed by atoms with Gasteiger partial charge in [-0.15, -0.1) is 11.3 Å². The highest BCUT2D eigenvalue weighted by Crippen LogP contribution is 2.19. The van der Waals surface area contributed by atoms with E-state index in [0.29, 0.717) is 0 Å². The van der Waals surface area contributed by atoms with Crippen LogP contribution >= 0.6 is 11.3 Å². The van der Waals surface area contributed by atoms with Gasteiger partial charge >= 0.3 is 0 Å². The summed E-state index contributed by atoms with van der Waals surface area (Å²) in [6.07, 6.45) is 0. The third-order valence-electron chi connectivity index (χ3n) is 2.46. The molecule has 2 rings (SSSR count). The molecule has 0 aliphatic heterocycles. The van der Waals surface area contributed by atoms with Crippen molar-refractivity contribution >= 4 is 27.5 Å². The largest absolute Gasteiger partial charge is 0.358 e. The molecule has 0 saturated carbocycles. The van der Waals surface area contributed by atoms with Crippen LogP contribution in [0.3, 0.4) is 0 Å². The molecule has 2 aromatic heterocycles. The number of hydrogen-bond acceptors (Lipinski definition) is 5. The van der Waals surface area contributed by atoms with Gasteiger partial charge in [-0.25, -0.2) is 9.97 Å². The van der Waals surface area contributed by atoms with Crippen molar-refractivity contribution < 1.29 is 0 Å². The summed E-state index contributed by atoms with van der Waals surface area (Å²) < 4.78 is 0. The van der Waals surface area contributed by atoms with E-state index in [1.165, 1.54) is 0 Å². The van der Waals surface area contributed by atoms with E-state index < -0.39 is 0 Å². The molecule has 2 aromatic rings. The molecular weight excluding hydrogens is 220 g/mol. The van der Waals surface area contributed by atoms with E-state index in [0.717, 1.165) is 29.3 Å². The Morgan fingerprint density at radius 1 is 1.19 bits per heavy atom. The smallest absolute Gasteiger partial charge is 0.145 e. The predicted molar refractivity (Wildman–Crippen MR) is 69.2 cm³/mol. The normalized spacial score (nSPS) is 11.2. The van der Waals surface area contributed by atoms with E-state index in [2.05, 4.69) is 40.9 Å². The fourth-order valence-corrected chi connectivity index (χ4v) is 2.07. The summed E-state index contributed by atoms with van der Waals surface area (Å²) in [5, 5.41) is 0. The minimum absolute atomic E-state index is 0.976. The third kappa shape index (κ3) is 2.48. The van der Waals surface area contributed by atoms with Crippen molar-refractivity contribution in [3.05, 3.63) is 17.6 Å². The van der Waals surface area contributed by atoms with Gasteiger partial charge in [0.1, 0.15) is 16.2 Å². The van der Waals surface area contributed by atoms with Crippen LogP contribution in [0.2, 0.25) is 0 Å². The molecule has 0 fully saturated rings. The summed E-state index contributed by atoms with van der Waals surface area (Å²) in [5.41, 5.74) is 2.82. The Morgan fingerprint density at radius 3 is 2.75 bits per heavy atom. The van der Waals surface area contributed by atoms with Crippen molar-refractivity contribution in [2.45, 2.75) is 0 Å². The van der Waals surface area contributed by atoms with Gasteiger partial charge in [-0.1, -0.05) is 0 Å². The summed E-state index contributed by atoms with van der Waals surface area (Å²) in [7, 11) is 6.22. The molecule has 0 atom stereocenters. The minimum atomic E-state index is 0.976. The molecule has 0 amide bonds. The van der Waals surface area contributed by atoms with Gasteiger partial charge in [-0.2, -0.15) is 0 Å². The highest BCUT2D eigenvalue weighted by molar-refractivity contribution is 7.16. The van der Waals surface area contributed by atoms with Crippen LogP contribution in [-0.2, 0) is 0 Å². The Morgan fingerprint density at radius 2 is 2.00 bits per heavy atom. The Labute approximate surface area is 99.5 Å². The maximum atomic E-state index is 4.58. The first-order valence-electron chi connectivity index (χ1n) is 5.23. The van der Waals surface area contributed by atoms with Gasteiger partial charge in [0, 0.05) is 20.1 Å². The lowest BCUT2D eigenvalue weighted by Gasteiger charge is -2.20. The van der Waals surface area contributed by atoms with Crippen molar-refractivity contribution in [3.8, 4) is 0 Å². The summed E-state index contributed by atoms with van der Waals surface area (Å²) in [5.74, 6) is 1.01. The van der Waals surface area contributed by atoms with E-state index in [1.807, 2.05) is 17.6 Å². The van der Waals surface area contributed by atoms with Crippen molar-refractivity contribution in [1.82, 2.24) is 14.9 Å². The van der Waals surface area contributed by atoms with E-state index in [1.54, 1.807) is 11.3 Å². The second-order valence-electron chi connectivity index (χ2n) is 4.07. The molecule has 5 heteroatoms. The first kappa shape index (κ1) is 11.3. The van der Waals surface area contributed by atoms with Gasteiger partial charge in [0.15, 0.2) is 0 Å². The number of anilines is 1. The third-order valence-corrected chi connectivity index (χ3v) is 3.19. The molecular formula is C11H16N4S. The molecule has 0 radical (unpaired) electrons. The van der Waals surface area contributed by atoms with Crippen molar-refractivity contribution in [1.29, 1.82) is 0 Å². The quantitative estimate of drug-likeness (QED) is 0.808. The SMILES string of the molecule is CN(C)CCN(C)c1ccc2ncsc2n1. The lowest BCUT2D eigenvalue weighted by atomic mass is 10.4. The number of aromatic nitrogens is 2. The van der Waals surface area contributed by atoms with Crippen LogP contribution in [0.4, 0.5) is 5.82 Å². The number of fused-ring (bicyclic) bond motifs is 1. The molecule has 0 spiro atoms. The predicted octanol–water partition coefficient (Wildman–Crippen LogP) is 1.69. The monoisotopic (exact) mass is 236 g/mol. The summed E-state index contributed by atoms with van der Waals surface area (Å²) in [6.45, 7) is 2.00. The fraction of sp³-hybridized carbons (Fsp3) is 0.455. The molecule has 0 N–H and O–H groups in total. The zero-order chi connectivity index (χ0) is 11.5.